The van der Waals surface area contributed by atoms with Gasteiger partial charge in [0.15, 0.2) is 6.10 Å². The van der Waals surface area contributed by atoms with E-state index in [0.717, 1.165) is 28.1 Å². The van der Waals surface area contributed by atoms with Crippen LogP contribution in [0.25, 0.3) is 0 Å². The average Bonchev–Trinajstić information content (AvgIpc) is 2.48. The number of anilines is 1. The molecule has 0 unspecified atom stereocenters. The zero-order valence-corrected chi connectivity index (χ0v) is 13.6. The van der Waals surface area contributed by atoms with Crippen molar-refractivity contribution in [2.24, 2.45) is 0 Å². The molecule has 3 nitrogen and oxygen atoms in total. The summed E-state index contributed by atoms with van der Waals surface area (Å²) in [6.45, 7) is 7.94. The summed E-state index contributed by atoms with van der Waals surface area (Å²) in [5.41, 5.74) is 4.12. The number of hydrogen-bond donors (Lipinski definition) is 1. The molecule has 3 heteroatoms. The van der Waals surface area contributed by atoms with Crippen LogP contribution in [0, 0.1) is 20.8 Å². The fourth-order valence-corrected chi connectivity index (χ4v) is 2.26. The summed E-state index contributed by atoms with van der Waals surface area (Å²) in [7, 11) is 0. The maximum atomic E-state index is 12.5. The van der Waals surface area contributed by atoms with Crippen molar-refractivity contribution < 1.29 is 9.53 Å². The number of aryl methyl sites for hydroxylation is 3. The molecule has 0 heterocycles. The molecule has 1 atom stereocenters. The molecule has 0 fully saturated rings. The van der Waals surface area contributed by atoms with E-state index in [9.17, 15) is 4.79 Å². The third-order valence-electron chi connectivity index (χ3n) is 3.58. The summed E-state index contributed by atoms with van der Waals surface area (Å²) in [6.07, 6.45) is 0.117. The number of nitrogens with one attached hydrogen (secondary N) is 1. The van der Waals surface area contributed by atoms with E-state index in [1.165, 1.54) is 0 Å². The summed E-state index contributed by atoms with van der Waals surface area (Å²) >= 11 is 0. The zero-order valence-electron chi connectivity index (χ0n) is 13.6. The predicted molar refractivity (Wildman–Crippen MR) is 90.4 cm³/mol. The van der Waals surface area contributed by atoms with Crippen LogP contribution in [0.4, 0.5) is 5.69 Å². The van der Waals surface area contributed by atoms with E-state index in [0.29, 0.717) is 6.42 Å². The lowest BCUT2D eigenvalue weighted by molar-refractivity contribution is -0.122. The van der Waals surface area contributed by atoms with Crippen LogP contribution < -0.4 is 10.1 Å². The van der Waals surface area contributed by atoms with Crippen LogP contribution in [0.3, 0.4) is 0 Å². The molecule has 0 aliphatic rings. The van der Waals surface area contributed by atoms with Gasteiger partial charge in [-0.3, -0.25) is 4.79 Å². The van der Waals surface area contributed by atoms with Gasteiger partial charge in [-0.2, -0.15) is 0 Å². The molecule has 0 saturated carbocycles. The molecule has 2 rings (SSSR count). The molecule has 0 aliphatic carbocycles. The Balaban J connectivity index is 2.10. The molecular formula is C19H23NO2. The maximum Gasteiger partial charge on any atom is 0.265 e. The summed E-state index contributed by atoms with van der Waals surface area (Å²) < 4.78 is 5.84. The second-order valence-corrected chi connectivity index (χ2v) is 5.64. The zero-order chi connectivity index (χ0) is 16.1. The van der Waals surface area contributed by atoms with Crippen molar-refractivity contribution in [2.45, 2.75) is 40.2 Å². The first-order chi connectivity index (χ1) is 10.5. The van der Waals surface area contributed by atoms with Gasteiger partial charge in [0.2, 0.25) is 0 Å². The summed E-state index contributed by atoms with van der Waals surface area (Å²) in [6, 6.07) is 13.8. The van der Waals surface area contributed by atoms with Gasteiger partial charge >= 0.3 is 0 Å². The molecular weight excluding hydrogens is 274 g/mol. The van der Waals surface area contributed by atoms with Crippen LogP contribution >= 0.6 is 0 Å². The van der Waals surface area contributed by atoms with Gasteiger partial charge in [-0.05, 0) is 62.1 Å². The van der Waals surface area contributed by atoms with E-state index in [2.05, 4.69) is 5.32 Å². The number of ether oxygens (including phenoxy) is 1. The van der Waals surface area contributed by atoms with Crippen molar-refractivity contribution in [3.05, 3.63) is 59.2 Å². The van der Waals surface area contributed by atoms with Gasteiger partial charge in [-0.15, -0.1) is 0 Å². The number of carbonyl (C=O) groups is 1. The molecule has 1 amide bonds. The molecule has 2 aromatic rings. The van der Waals surface area contributed by atoms with Gasteiger partial charge in [0, 0.05) is 5.69 Å². The van der Waals surface area contributed by atoms with E-state index in [-0.39, 0.29) is 5.91 Å². The Kier molecular flexibility index (Phi) is 5.21. The van der Waals surface area contributed by atoms with E-state index in [1.54, 1.807) is 0 Å². The summed E-state index contributed by atoms with van der Waals surface area (Å²) in [5.74, 6) is 0.612. The monoisotopic (exact) mass is 297 g/mol. The van der Waals surface area contributed by atoms with Gasteiger partial charge in [0.1, 0.15) is 5.75 Å². The van der Waals surface area contributed by atoms with Crippen molar-refractivity contribution >= 4 is 11.6 Å². The fraction of sp³-hybridized carbons (Fsp3) is 0.316. The molecule has 1 N–H and O–H groups in total. The fourth-order valence-electron chi connectivity index (χ4n) is 2.26. The molecule has 0 radical (unpaired) electrons. The smallest absolute Gasteiger partial charge is 0.265 e. The molecule has 0 aromatic heterocycles. The minimum Gasteiger partial charge on any atom is -0.481 e. The highest BCUT2D eigenvalue weighted by molar-refractivity contribution is 5.95. The minimum absolute atomic E-state index is 0.113. The molecule has 22 heavy (non-hydrogen) atoms. The summed E-state index contributed by atoms with van der Waals surface area (Å²) in [5, 5.41) is 2.97. The van der Waals surface area contributed by atoms with Crippen molar-refractivity contribution in [1.82, 2.24) is 0 Å². The third kappa shape index (κ3) is 4.10. The second kappa shape index (κ2) is 7.12. The van der Waals surface area contributed by atoms with E-state index < -0.39 is 6.10 Å². The lowest BCUT2D eigenvalue weighted by Crippen LogP contribution is -2.32. The van der Waals surface area contributed by atoms with E-state index in [4.69, 9.17) is 4.74 Å². The number of rotatable bonds is 5. The highest BCUT2D eigenvalue weighted by Crippen LogP contribution is 2.19. The van der Waals surface area contributed by atoms with Crippen molar-refractivity contribution in [2.75, 3.05) is 5.32 Å². The maximum absolute atomic E-state index is 12.5. The number of amides is 1. The number of hydrogen-bond acceptors (Lipinski definition) is 2. The highest BCUT2D eigenvalue weighted by atomic mass is 16.5. The highest BCUT2D eigenvalue weighted by Gasteiger charge is 2.19. The van der Waals surface area contributed by atoms with Gasteiger partial charge in [0.25, 0.3) is 5.91 Å². The molecule has 0 saturated heterocycles. The lowest BCUT2D eigenvalue weighted by Gasteiger charge is -2.18. The van der Waals surface area contributed by atoms with Crippen LogP contribution in [0.2, 0.25) is 0 Å². The Morgan fingerprint density at radius 3 is 2.50 bits per heavy atom. The SMILES string of the molecule is CC[C@H](Oc1cccc(C)c1)C(=O)Nc1cc(C)ccc1C. The van der Waals surface area contributed by atoms with Crippen molar-refractivity contribution in [3.8, 4) is 5.75 Å². The van der Waals surface area contributed by atoms with Crippen LogP contribution in [0.15, 0.2) is 42.5 Å². The van der Waals surface area contributed by atoms with Crippen molar-refractivity contribution in [3.63, 3.8) is 0 Å². The first-order valence-corrected chi connectivity index (χ1v) is 7.61. The predicted octanol–water partition coefficient (Wildman–Crippen LogP) is 4.41. The Labute approximate surface area is 132 Å². The van der Waals surface area contributed by atoms with Crippen LogP contribution in [-0.2, 0) is 4.79 Å². The van der Waals surface area contributed by atoms with Gasteiger partial charge in [-0.1, -0.05) is 31.2 Å². The minimum atomic E-state index is -0.498. The average molecular weight is 297 g/mol. The van der Waals surface area contributed by atoms with Crippen molar-refractivity contribution in [1.29, 1.82) is 0 Å². The van der Waals surface area contributed by atoms with Crippen LogP contribution in [0.1, 0.15) is 30.0 Å². The first kappa shape index (κ1) is 16.1. The quantitative estimate of drug-likeness (QED) is 0.888. The Morgan fingerprint density at radius 2 is 1.82 bits per heavy atom. The first-order valence-electron chi connectivity index (χ1n) is 7.61. The Morgan fingerprint density at radius 1 is 1.09 bits per heavy atom. The van der Waals surface area contributed by atoms with Gasteiger partial charge in [-0.25, -0.2) is 0 Å². The van der Waals surface area contributed by atoms with E-state index >= 15 is 0 Å². The topological polar surface area (TPSA) is 38.3 Å². The Bertz CT molecular complexity index is 664. The second-order valence-electron chi connectivity index (χ2n) is 5.64. The summed E-state index contributed by atoms with van der Waals surface area (Å²) in [4.78, 5) is 12.5. The van der Waals surface area contributed by atoms with E-state index in [1.807, 2.05) is 70.2 Å². The number of benzene rings is 2. The van der Waals surface area contributed by atoms with Crippen LogP contribution in [0.5, 0.6) is 5.75 Å². The van der Waals surface area contributed by atoms with Gasteiger partial charge < -0.3 is 10.1 Å². The lowest BCUT2D eigenvalue weighted by atomic mass is 10.1. The molecule has 0 bridgehead atoms. The molecule has 0 spiro atoms. The van der Waals surface area contributed by atoms with Crippen LogP contribution in [-0.4, -0.2) is 12.0 Å². The molecule has 116 valence electrons. The molecule has 0 aliphatic heterocycles. The molecule has 2 aromatic carbocycles. The number of carbonyl (C=O) groups excluding carboxylic acids is 1. The van der Waals surface area contributed by atoms with Gasteiger partial charge in [0.05, 0.1) is 0 Å². The standard InChI is InChI=1S/C19H23NO2/c1-5-18(22-16-8-6-7-13(2)11-16)19(21)20-17-12-14(3)9-10-15(17)4/h6-12,18H,5H2,1-4H3,(H,20,21)/t18-/m0/s1. The third-order valence-corrected chi connectivity index (χ3v) is 3.58. The Hall–Kier alpha value is -2.29. The normalized spacial score (nSPS) is 11.8. The largest absolute Gasteiger partial charge is 0.481 e.